The van der Waals surface area contributed by atoms with Crippen LogP contribution in [0.1, 0.15) is 30.9 Å². The van der Waals surface area contributed by atoms with E-state index in [0.29, 0.717) is 12.2 Å². The smallest absolute Gasteiger partial charge is 0.244 e. The van der Waals surface area contributed by atoms with Crippen molar-refractivity contribution in [3.63, 3.8) is 0 Å². The first kappa shape index (κ1) is 30.3. The molecule has 39 heavy (non-hydrogen) atoms. The van der Waals surface area contributed by atoms with Gasteiger partial charge in [-0.15, -0.1) is 0 Å². The summed E-state index contributed by atoms with van der Waals surface area (Å²) in [6, 6.07) is 20.8. The zero-order valence-electron chi connectivity index (χ0n) is 22.0. The van der Waals surface area contributed by atoms with Crippen LogP contribution >= 0.6 is 15.9 Å². The number of carbonyl (C=O) groups is 2. The molecule has 0 aliphatic rings. The molecule has 0 heterocycles. The minimum absolute atomic E-state index is 0.177. The number of sulfonamides is 1. The molecule has 0 saturated carbocycles. The number of carbonyl (C=O) groups excluding carboxylic acids is 2. The van der Waals surface area contributed by atoms with E-state index in [-0.39, 0.29) is 24.4 Å². The quantitative estimate of drug-likeness (QED) is 0.276. The van der Waals surface area contributed by atoms with E-state index in [1.807, 2.05) is 37.3 Å². The number of hydrogen-bond acceptors (Lipinski definition) is 4. The first-order valence-corrected chi connectivity index (χ1v) is 15.3. The number of benzene rings is 3. The normalized spacial score (nSPS) is 12.0. The van der Waals surface area contributed by atoms with Crippen molar-refractivity contribution in [3.05, 3.63) is 100 Å². The highest BCUT2D eigenvalue weighted by Gasteiger charge is 2.33. The Bertz CT molecular complexity index is 1350. The third kappa shape index (κ3) is 8.90. The summed E-state index contributed by atoms with van der Waals surface area (Å²) in [6.45, 7) is 1.67. The number of nitrogens with one attached hydrogen (secondary N) is 1. The van der Waals surface area contributed by atoms with Crippen LogP contribution in [0.25, 0.3) is 0 Å². The lowest BCUT2D eigenvalue weighted by molar-refractivity contribution is -0.140. The van der Waals surface area contributed by atoms with Gasteiger partial charge in [0.1, 0.15) is 18.4 Å². The Kier molecular flexibility index (Phi) is 11.1. The average molecular weight is 619 g/mol. The summed E-state index contributed by atoms with van der Waals surface area (Å²) in [5.41, 5.74) is 1.33. The highest BCUT2D eigenvalue weighted by atomic mass is 79.9. The van der Waals surface area contributed by atoms with Crippen LogP contribution in [0.5, 0.6) is 0 Å². The molecule has 0 unspecified atom stereocenters. The van der Waals surface area contributed by atoms with E-state index in [1.54, 1.807) is 42.5 Å². The molecule has 0 aliphatic carbocycles. The summed E-state index contributed by atoms with van der Waals surface area (Å²) in [5.74, 6) is -1.53. The molecule has 0 fully saturated rings. The number of anilines is 1. The lowest BCUT2D eigenvalue weighted by atomic mass is 10.0. The molecule has 0 bridgehead atoms. The Hall–Kier alpha value is -3.24. The number of rotatable bonds is 13. The Labute approximate surface area is 238 Å². The molecule has 3 rings (SSSR count). The van der Waals surface area contributed by atoms with E-state index in [2.05, 4.69) is 21.2 Å². The predicted octanol–water partition coefficient (Wildman–Crippen LogP) is 4.91. The first-order chi connectivity index (χ1) is 18.6. The number of halogens is 2. The largest absolute Gasteiger partial charge is 0.354 e. The molecule has 7 nitrogen and oxygen atoms in total. The van der Waals surface area contributed by atoms with E-state index in [4.69, 9.17) is 0 Å². The Morgan fingerprint density at radius 1 is 0.974 bits per heavy atom. The van der Waals surface area contributed by atoms with E-state index >= 15 is 0 Å². The standard InChI is InChI=1S/C29H33BrFN3O4S/c1-3-4-18-32-29(36)27(19-22-10-6-5-7-11-22)33(20-23-12-8-9-13-26(23)31)28(35)21-34(39(2,37)38)25-16-14-24(30)15-17-25/h5-17,27H,3-4,18-21H2,1-2H3,(H,32,36)/t27-/m0/s1. The summed E-state index contributed by atoms with van der Waals surface area (Å²) >= 11 is 3.33. The van der Waals surface area contributed by atoms with Crippen molar-refractivity contribution >= 4 is 43.5 Å². The van der Waals surface area contributed by atoms with Gasteiger partial charge in [-0.3, -0.25) is 13.9 Å². The van der Waals surface area contributed by atoms with Gasteiger partial charge in [0.15, 0.2) is 0 Å². The van der Waals surface area contributed by atoms with Gasteiger partial charge >= 0.3 is 0 Å². The molecule has 3 aromatic carbocycles. The number of unbranched alkanes of at least 4 members (excludes halogenated alkanes) is 1. The first-order valence-electron chi connectivity index (χ1n) is 12.7. The van der Waals surface area contributed by atoms with Crippen LogP contribution in [0.4, 0.5) is 10.1 Å². The van der Waals surface area contributed by atoms with Crippen molar-refractivity contribution in [2.24, 2.45) is 0 Å². The van der Waals surface area contributed by atoms with Gasteiger partial charge in [0.05, 0.1) is 11.9 Å². The third-order valence-corrected chi connectivity index (χ3v) is 7.86. The number of hydrogen-bond donors (Lipinski definition) is 1. The van der Waals surface area contributed by atoms with Crippen LogP contribution < -0.4 is 9.62 Å². The summed E-state index contributed by atoms with van der Waals surface area (Å²) in [7, 11) is -3.87. The summed E-state index contributed by atoms with van der Waals surface area (Å²) in [5, 5.41) is 2.90. The van der Waals surface area contributed by atoms with Crippen molar-refractivity contribution < 1.29 is 22.4 Å². The van der Waals surface area contributed by atoms with Crippen LogP contribution in [-0.2, 0) is 32.6 Å². The van der Waals surface area contributed by atoms with E-state index in [9.17, 15) is 22.4 Å². The molecule has 2 amide bonds. The minimum atomic E-state index is -3.87. The van der Waals surface area contributed by atoms with Crippen molar-refractivity contribution in [1.29, 1.82) is 0 Å². The zero-order valence-corrected chi connectivity index (χ0v) is 24.4. The molecule has 3 aromatic rings. The lowest BCUT2D eigenvalue weighted by Crippen LogP contribution is -2.53. The SMILES string of the molecule is CCCCNC(=O)[C@H](Cc1ccccc1)N(Cc1ccccc1F)C(=O)CN(c1ccc(Br)cc1)S(C)(=O)=O. The maximum Gasteiger partial charge on any atom is 0.244 e. The average Bonchev–Trinajstić information content (AvgIpc) is 2.91. The fourth-order valence-electron chi connectivity index (χ4n) is 4.09. The van der Waals surface area contributed by atoms with Crippen LogP contribution in [0.3, 0.4) is 0 Å². The molecular weight excluding hydrogens is 585 g/mol. The van der Waals surface area contributed by atoms with Gasteiger partial charge in [-0.2, -0.15) is 0 Å². The zero-order chi connectivity index (χ0) is 28.4. The Morgan fingerprint density at radius 3 is 2.23 bits per heavy atom. The predicted molar refractivity (Wildman–Crippen MR) is 155 cm³/mol. The van der Waals surface area contributed by atoms with Gasteiger partial charge in [-0.1, -0.05) is 77.8 Å². The molecule has 10 heteroatoms. The van der Waals surface area contributed by atoms with Crippen molar-refractivity contribution in [2.45, 2.75) is 38.8 Å². The summed E-state index contributed by atoms with van der Waals surface area (Å²) in [6.07, 6.45) is 2.83. The molecular formula is C29H33BrFN3O4S. The van der Waals surface area contributed by atoms with Crippen LogP contribution in [-0.4, -0.2) is 50.5 Å². The van der Waals surface area contributed by atoms with E-state index < -0.39 is 34.3 Å². The second-order valence-electron chi connectivity index (χ2n) is 9.21. The lowest BCUT2D eigenvalue weighted by Gasteiger charge is -2.33. The molecule has 1 N–H and O–H groups in total. The van der Waals surface area contributed by atoms with Crippen LogP contribution in [0.2, 0.25) is 0 Å². The monoisotopic (exact) mass is 617 g/mol. The number of nitrogens with zero attached hydrogens (tertiary/aromatic N) is 2. The summed E-state index contributed by atoms with van der Waals surface area (Å²) < 4.78 is 42.0. The fraction of sp³-hybridized carbons (Fsp3) is 0.310. The molecule has 0 aliphatic heterocycles. The molecule has 0 saturated heterocycles. The van der Waals surface area contributed by atoms with Gasteiger partial charge in [-0.25, -0.2) is 12.8 Å². The fourth-order valence-corrected chi connectivity index (χ4v) is 5.21. The van der Waals surface area contributed by atoms with E-state index in [0.717, 1.165) is 33.4 Å². The maximum absolute atomic E-state index is 14.8. The van der Waals surface area contributed by atoms with Gasteiger partial charge in [-0.05, 0) is 42.3 Å². The highest BCUT2D eigenvalue weighted by Crippen LogP contribution is 2.23. The van der Waals surface area contributed by atoms with Crippen LogP contribution in [0.15, 0.2) is 83.3 Å². The van der Waals surface area contributed by atoms with E-state index in [1.165, 1.54) is 11.0 Å². The second kappa shape index (κ2) is 14.2. The van der Waals surface area contributed by atoms with Gasteiger partial charge in [0.2, 0.25) is 21.8 Å². The Morgan fingerprint density at radius 2 is 1.62 bits per heavy atom. The van der Waals surface area contributed by atoms with Gasteiger partial charge in [0, 0.05) is 29.5 Å². The molecule has 1 atom stereocenters. The second-order valence-corrected chi connectivity index (χ2v) is 12.0. The van der Waals surface area contributed by atoms with Gasteiger partial charge < -0.3 is 10.2 Å². The van der Waals surface area contributed by atoms with Crippen molar-refractivity contribution in [2.75, 3.05) is 23.7 Å². The maximum atomic E-state index is 14.8. The van der Waals surface area contributed by atoms with Crippen LogP contribution in [0, 0.1) is 5.82 Å². The van der Waals surface area contributed by atoms with Gasteiger partial charge in [0.25, 0.3) is 0 Å². The van der Waals surface area contributed by atoms with Crippen molar-refractivity contribution in [1.82, 2.24) is 10.2 Å². The molecule has 208 valence electrons. The highest BCUT2D eigenvalue weighted by molar-refractivity contribution is 9.10. The minimum Gasteiger partial charge on any atom is -0.354 e. The third-order valence-electron chi connectivity index (χ3n) is 6.19. The molecule has 0 spiro atoms. The number of amides is 2. The summed E-state index contributed by atoms with van der Waals surface area (Å²) in [4.78, 5) is 28.7. The molecule has 0 aromatic heterocycles. The Balaban J connectivity index is 2.03. The molecule has 0 radical (unpaired) electrons. The van der Waals surface area contributed by atoms with Crippen molar-refractivity contribution in [3.8, 4) is 0 Å². The topological polar surface area (TPSA) is 86.8 Å².